The van der Waals surface area contributed by atoms with Crippen LogP contribution < -0.4 is 24.9 Å². The third-order valence-corrected chi connectivity index (χ3v) is 9.29. The summed E-state index contributed by atoms with van der Waals surface area (Å²) in [6.07, 6.45) is 1.96. The van der Waals surface area contributed by atoms with E-state index in [1.54, 1.807) is 4.57 Å². The molecule has 0 aliphatic carbocycles. The number of benzene rings is 2. The minimum Gasteiger partial charge on any atom is -0.489 e. The van der Waals surface area contributed by atoms with E-state index < -0.39 is 6.04 Å². The zero-order valence-corrected chi connectivity index (χ0v) is 26.6. The van der Waals surface area contributed by atoms with E-state index in [4.69, 9.17) is 9.73 Å². The number of thiazole rings is 1. The Morgan fingerprint density at radius 2 is 1.84 bits per heavy atom. The molecule has 0 bridgehead atoms. The fourth-order valence-electron chi connectivity index (χ4n) is 4.21. The van der Waals surface area contributed by atoms with Gasteiger partial charge in [0.15, 0.2) is 4.80 Å². The minimum atomic E-state index is -0.556. The zero-order valence-electron chi connectivity index (χ0n) is 20.7. The number of amides is 1. The highest BCUT2D eigenvalue weighted by atomic mass is 127. The number of hydrogen-bond acceptors (Lipinski definition) is 6. The molecular weight excluding hydrogens is 744 g/mol. The number of thiophene rings is 1. The molecule has 38 heavy (non-hydrogen) atoms. The lowest BCUT2D eigenvalue weighted by Gasteiger charge is -2.24. The smallest absolute Gasteiger partial charge is 0.271 e. The molecule has 10 heteroatoms. The van der Waals surface area contributed by atoms with Crippen LogP contribution in [-0.2, 0) is 4.79 Å². The second-order valence-corrected chi connectivity index (χ2v) is 13.2. The fraction of sp³-hybridized carbons (Fsp3) is 0.179. The highest BCUT2D eigenvalue weighted by Crippen LogP contribution is 2.33. The lowest BCUT2D eigenvalue weighted by atomic mass is 10.0. The van der Waals surface area contributed by atoms with Gasteiger partial charge in [-0.25, -0.2) is 4.99 Å². The molecular formula is C28H23I2N3O3S2. The molecule has 0 fully saturated rings. The molecule has 0 saturated carbocycles. The Bertz CT molecular complexity index is 1700. The van der Waals surface area contributed by atoms with Gasteiger partial charge < -0.3 is 10.1 Å². The van der Waals surface area contributed by atoms with Gasteiger partial charge in [-0.2, -0.15) is 0 Å². The van der Waals surface area contributed by atoms with E-state index >= 15 is 0 Å². The maximum absolute atomic E-state index is 13.8. The number of hydrogen-bond donors (Lipinski definition) is 1. The van der Waals surface area contributed by atoms with Crippen LogP contribution in [0.15, 0.2) is 81.0 Å². The van der Waals surface area contributed by atoms with Crippen LogP contribution in [0.3, 0.4) is 0 Å². The van der Waals surface area contributed by atoms with Crippen molar-refractivity contribution in [3.05, 3.63) is 109 Å². The van der Waals surface area contributed by atoms with E-state index in [0.717, 1.165) is 23.3 Å². The Morgan fingerprint density at radius 1 is 1.13 bits per heavy atom. The zero-order chi connectivity index (χ0) is 27.0. The Kier molecular flexibility index (Phi) is 8.22. The van der Waals surface area contributed by atoms with Gasteiger partial charge in [-0.1, -0.05) is 35.6 Å². The first-order chi connectivity index (χ1) is 18.2. The van der Waals surface area contributed by atoms with Crippen molar-refractivity contribution in [2.45, 2.75) is 32.9 Å². The third kappa shape index (κ3) is 5.54. The molecule has 0 radical (unpaired) electrons. The van der Waals surface area contributed by atoms with Gasteiger partial charge in [-0.05, 0) is 113 Å². The van der Waals surface area contributed by atoms with Crippen molar-refractivity contribution in [3.63, 3.8) is 0 Å². The molecule has 1 aliphatic heterocycles. The first-order valence-corrected chi connectivity index (χ1v) is 15.7. The van der Waals surface area contributed by atoms with Gasteiger partial charge in [0, 0.05) is 10.6 Å². The SMILES string of the molecule is CC1=C(C(=O)Nc2ccccc2)[C@@H](c2cccs2)n2c(s/c(=C/c3cc(I)c(OC(C)C)c(I)c3)c2=O)=N1. The van der Waals surface area contributed by atoms with E-state index in [1.165, 1.54) is 22.7 Å². The largest absolute Gasteiger partial charge is 0.489 e. The molecule has 0 unspecified atom stereocenters. The lowest BCUT2D eigenvalue weighted by Crippen LogP contribution is -2.40. The van der Waals surface area contributed by atoms with Crippen molar-refractivity contribution >= 4 is 85.5 Å². The molecule has 194 valence electrons. The van der Waals surface area contributed by atoms with Crippen LogP contribution in [0.25, 0.3) is 6.08 Å². The number of carbonyl (C=O) groups is 1. The molecule has 0 saturated heterocycles. The van der Waals surface area contributed by atoms with Gasteiger partial charge in [-0.15, -0.1) is 11.3 Å². The quantitative estimate of drug-likeness (QED) is 0.248. The summed E-state index contributed by atoms with van der Waals surface area (Å²) >= 11 is 7.39. The van der Waals surface area contributed by atoms with Crippen LogP contribution in [0, 0.1) is 7.14 Å². The molecule has 1 aliphatic rings. The molecule has 2 aromatic heterocycles. The summed E-state index contributed by atoms with van der Waals surface area (Å²) in [7, 11) is 0. The number of rotatable bonds is 6. The molecule has 5 rings (SSSR count). The number of nitrogens with one attached hydrogen (secondary N) is 1. The van der Waals surface area contributed by atoms with Gasteiger partial charge in [0.2, 0.25) is 0 Å². The van der Waals surface area contributed by atoms with Crippen molar-refractivity contribution in [1.82, 2.24) is 4.57 Å². The van der Waals surface area contributed by atoms with Crippen molar-refractivity contribution in [1.29, 1.82) is 0 Å². The summed E-state index contributed by atoms with van der Waals surface area (Å²) in [5.74, 6) is 0.581. The monoisotopic (exact) mass is 767 g/mol. The summed E-state index contributed by atoms with van der Waals surface area (Å²) in [5.41, 5.74) is 2.50. The van der Waals surface area contributed by atoms with Gasteiger partial charge >= 0.3 is 0 Å². The Hall–Kier alpha value is -2.29. The molecule has 2 aromatic carbocycles. The Balaban J connectivity index is 1.61. The summed E-state index contributed by atoms with van der Waals surface area (Å²) in [6, 6.07) is 16.7. The predicted octanol–water partition coefficient (Wildman–Crippen LogP) is 5.93. The lowest BCUT2D eigenvalue weighted by molar-refractivity contribution is -0.113. The number of halogens is 2. The molecule has 6 nitrogen and oxygen atoms in total. The minimum absolute atomic E-state index is 0.0698. The van der Waals surface area contributed by atoms with Crippen LogP contribution in [0.1, 0.15) is 37.3 Å². The summed E-state index contributed by atoms with van der Waals surface area (Å²) in [4.78, 5) is 33.6. The molecule has 0 spiro atoms. The molecule has 1 N–H and O–H groups in total. The van der Waals surface area contributed by atoms with Crippen LogP contribution in [0.4, 0.5) is 5.69 Å². The Labute approximate surface area is 255 Å². The number of anilines is 1. The highest BCUT2D eigenvalue weighted by Gasteiger charge is 2.33. The van der Waals surface area contributed by atoms with Crippen LogP contribution in [0.5, 0.6) is 5.75 Å². The first-order valence-electron chi connectivity index (χ1n) is 11.8. The van der Waals surface area contributed by atoms with E-state index in [0.29, 0.717) is 26.3 Å². The van der Waals surface area contributed by atoms with Crippen molar-refractivity contribution in [2.24, 2.45) is 4.99 Å². The van der Waals surface area contributed by atoms with E-state index in [-0.39, 0.29) is 17.6 Å². The normalized spacial score (nSPS) is 15.4. The van der Waals surface area contributed by atoms with E-state index in [2.05, 4.69) is 50.5 Å². The third-order valence-electron chi connectivity index (χ3n) is 5.78. The van der Waals surface area contributed by atoms with Crippen molar-refractivity contribution in [2.75, 3.05) is 5.32 Å². The topological polar surface area (TPSA) is 72.7 Å². The van der Waals surface area contributed by atoms with E-state index in [1.807, 2.05) is 86.8 Å². The number of nitrogens with zero attached hydrogens (tertiary/aromatic N) is 2. The van der Waals surface area contributed by atoms with Gasteiger partial charge in [0.1, 0.15) is 11.8 Å². The molecule has 1 amide bonds. The second-order valence-electron chi connectivity index (χ2n) is 8.90. The second kappa shape index (κ2) is 11.4. The Morgan fingerprint density at radius 3 is 2.47 bits per heavy atom. The van der Waals surface area contributed by atoms with Crippen molar-refractivity contribution < 1.29 is 9.53 Å². The number of ether oxygens (including phenoxy) is 1. The molecule has 1 atom stereocenters. The average Bonchev–Trinajstić information content (AvgIpc) is 3.50. The first kappa shape index (κ1) is 27.3. The summed E-state index contributed by atoms with van der Waals surface area (Å²) in [5, 5.41) is 4.93. The van der Waals surface area contributed by atoms with E-state index in [9.17, 15) is 9.59 Å². The summed E-state index contributed by atoms with van der Waals surface area (Å²) < 4.78 is 10.1. The maximum Gasteiger partial charge on any atom is 0.271 e. The number of para-hydroxylation sites is 1. The number of fused-ring (bicyclic) bond motifs is 1. The number of aromatic nitrogens is 1. The van der Waals surface area contributed by atoms with Crippen molar-refractivity contribution in [3.8, 4) is 5.75 Å². The average molecular weight is 767 g/mol. The summed E-state index contributed by atoms with van der Waals surface area (Å²) in [6.45, 7) is 5.83. The van der Waals surface area contributed by atoms with Crippen LogP contribution in [-0.4, -0.2) is 16.6 Å². The van der Waals surface area contributed by atoms with Crippen LogP contribution in [0.2, 0.25) is 0 Å². The highest BCUT2D eigenvalue weighted by molar-refractivity contribution is 14.1. The van der Waals surface area contributed by atoms with Gasteiger partial charge in [0.25, 0.3) is 11.5 Å². The van der Waals surface area contributed by atoms with Crippen LogP contribution >= 0.6 is 67.9 Å². The molecule has 3 heterocycles. The molecule has 4 aromatic rings. The van der Waals surface area contributed by atoms with Gasteiger partial charge in [-0.3, -0.25) is 14.2 Å². The number of carbonyl (C=O) groups excluding carboxylic acids is 1. The maximum atomic E-state index is 13.8. The predicted molar refractivity (Wildman–Crippen MR) is 171 cm³/mol. The standard InChI is InChI=1S/C28H23I2N3O3S2/c1-15(2)36-25-19(29)12-17(13-20(25)30)14-22-27(35)33-24(21-10-7-11-37-21)23(16(3)31-28(33)38-22)26(34)32-18-8-5-4-6-9-18/h4-15,24H,1-3H3,(H,32,34)/b22-14+/t24-/m1/s1. The number of allylic oxidation sites excluding steroid dienone is 1. The van der Waals surface area contributed by atoms with Gasteiger partial charge in [0.05, 0.1) is 29.0 Å². The fourth-order valence-corrected chi connectivity index (χ4v) is 8.15.